The quantitative estimate of drug-likeness (QED) is 0.928. The Balaban J connectivity index is 1.91. The summed E-state index contributed by atoms with van der Waals surface area (Å²) in [6.45, 7) is 3.57. The molecule has 21 heavy (non-hydrogen) atoms. The summed E-state index contributed by atoms with van der Waals surface area (Å²) in [5.74, 6) is 2.03. The van der Waals surface area contributed by atoms with E-state index in [1.807, 2.05) is 12.1 Å². The van der Waals surface area contributed by atoms with Crippen LogP contribution in [0.3, 0.4) is 0 Å². The number of aromatic nitrogens is 3. The van der Waals surface area contributed by atoms with Crippen LogP contribution in [0, 0.1) is 0 Å². The molecule has 0 radical (unpaired) electrons. The zero-order valence-electron chi connectivity index (χ0n) is 12.2. The number of aliphatic hydroxyl groups is 1. The minimum Gasteiger partial charge on any atom is -0.391 e. The minimum atomic E-state index is -0.299. The second-order valence-electron chi connectivity index (χ2n) is 5.38. The van der Waals surface area contributed by atoms with Crippen molar-refractivity contribution in [2.75, 3.05) is 18.0 Å². The van der Waals surface area contributed by atoms with Gasteiger partial charge in [-0.05, 0) is 31.4 Å². The highest BCUT2D eigenvalue weighted by Gasteiger charge is 2.23. The maximum absolute atomic E-state index is 9.86. The highest BCUT2D eigenvalue weighted by molar-refractivity contribution is 5.69. The first-order valence-corrected chi connectivity index (χ1v) is 7.49. The molecule has 1 fully saturated rings. The van der Waals surface area contributed by atoms with E-state index in [0.717, 1.165) is 49.4 Å². The average molecular weight is 288 g/mol. The van der Waals surface area contributed by atoms with Crippen LogP contribution in [0.4, 0.5) is 5.82 Å². The van der Waals surface area contributed by atoms with E-state index >= 15 is 0 Å². The Morgan fingerprint density at radius 2 is 2.38 bits per heavy atom. The molecule has 0 bridgehead atoms. The van der Waals surface area contributed by atoms with E-state index in [1.54, 1.807) is 6.20 Å². The molecule has 1 unspecified atom stereocenters. The van der Waals surface area contributed by atoms with Crippen LogP contribution in [0.2, 0.25) is 0 Å². The number of aliphatic hydroxyl groups excluding tert-OH is 1. The van der Waals surface area contributed by atoms with E-state index in [0.29, 0.717) is 12.4 Å². The van der Waals surface area contributed by atoms with Crippen molar-refractivity contribution < 1.29 is 9.63 Å². The molecule has 2 aromatic heterocycles. The van der Waals surface area contributed by atoms with E-state index in [9.17, 15) is 5.11 Å². The molecule has 2 aromatic rings. The van der Waals surface area contributed by atoms with Gasteiger partial charge in [0.15, 0.2) is 5.82 Å². The molecule has 6 nitrogen and oxygen atoms in total. The zero-order valence-corrected chi connectivity index (χ0v) is 12.2. The molecule has 0 aliphatic carbocycles. The summed E-state index contributed by atoms with van der Waals surface area (Å²) in [6.07, 6.45) is 5.05. The lowest BCUT2D eigenvalue weighted by Crippen LogP contribution is -2.39. The first kappa shape index (κ1) is 14.0. The smallest absolute Gasteiger partial charge is 0.261 e. The number of anilines is 1. The number of rotatable bonds is 4. The monoisotopic (exact) mass is 288 g/mol. The van der Waals surface area contributed by atoms with Crippen molar-refractivity contribution in [3.05, 3.63) is 24.2 Å². The summed E-state index contributed by atoms with van der Waals surface area (Å²) in [4.78, 5) is 11.0. The van der Waals surface area contributed by atoms with Crippen molar-refractivity contribution in [1.82, 2.24) is 15.1 Å². The van der Waals surface area contributed by atoms with Crippen LogP contribution in [0.1, 0.15) is 32.0 Å². The number of piperidine rings is 1. The van der Waals surface area contributed by atoms with Gasteiger partial charge in [-0.15, -0.1) is 0 Å². The highest BCUT2D eigenvalue weighted by Crippen LogP contribution is 2.29. The predicted octanol–water partition coefficient (Wildman–Crippen LogP) is 2.05. The molecular formula is C15H20N4O2. The third kappa shape index (κ3) is 3.05. The number of aryl methyl sites for hydroxylation is 1. The second kappa shape index (κ2) is 6.22. The zero-order chi connectivity index (χ0) is 14.7. The maximum Gasteiger partial charge on any atom is 0.261 e. The van der Waals surface area contributed by atoms with E-state index in [4.69, 9.17) is 4.52 Å². The van der Waals surface area contributed by atoms with Gasteiger partial charge in [0.2, 0.25) is 0 Å². The molecule has 0 amide bonds. The first-order valence-electron chi connectivity index (χ1n) is 7.49. The third-order valence-electron chi connectivity index (χ3n) is 3.65. The van der Waals surface area contributed by atoms with Crippen molar-refractivity contribution in [1.29, 1.82) is 0 Å². The SMILES string of the molecule is CCCc1noc(-c2cccnc2N2CCCC(O)C2)n1. The van der Waals surface area contributed by atoms with Gasteiger partial charge in [0, 0.05) is 25.7 Å². The Morgan fingerprint density at radius 3 is 3.19 bits per heavy atom. The van der Waals surface area contributed by atoms with Gasteiger partial charge in [-0.3, -0.25) is 0 Å². The molecule has 1 aliphatic heterocycles. The molecule has 1 atom stereocenters. The van der Waals surface area contributed by atoms with Gasteiger partial charge >= 0.3 is 0 Å². The van der Waals surface area contributed by atoms with Crippen LogP contribution in [-0.4, -0.2) is 39.4 Å². The van der Waals surface area contributed by atoms with Crippen LogP contribution in [0.25, 0.3) is 11.5 Å². The fourth-order valence-corrected chi connectivity index (χ4v) is 2.65. The van der Waals surface area contributed by atoms with Crippen molar-refractivity contribution >= 4 is 5.82 Å². The Labute approximate surface area is 123 Å². The molecule has 112 valence electrons. The summed E-state index contributed by atoms with van der Waals surface area (Å²) in [5, 5.41) is 13.9. The standard InChI is InChI=1S/C15H20N4O2/c1-2-5-13-17-15(21-18-13)12-7-3-8-16-14(12)19-9-4-6-11(20)10-19/h3,7-8,11,20H,2,4-6,9-10H2,1H3. The van der Waals surface area contributed by atoms with Crippen LogP contribution < -0.4 is 4.90 Å². The normalized spacial score (nSPS) is 19.0. The largest absolute Gasteiger partial charge is 0.391 e. The molecule has 6 heteroatoms. The van der Waals surface area contributed by atoms with Gasteiger partial charge in [0.1, 0.15) is 5.82 Å². The van der Waals surface area contributed by atoms with Crippen LogP contribution in [0.15, 0.2) is 22.9 Å². The van der Waals surface area contributed by atoms with Gasteiger partial charge in [-0.1, -0.05) is 12.1 Å². The molecule has 1 aliphatic rings. The molecule has 3 rings (SSSR count). The summed E-state index contributed by atoms with van der Waals surface area (Å²) >= 11 is 0. The average Bonchev–Trinajstić information content (AvgIpc) is 2.96. The van der Waals surface area contributed by atoms with Crippen molar-refractivity contribution in [3.8, 4) is 11.5 Å². The van der Waals surface area contributed by atoms with Crippen LogP contribution >= 0.6 is 0 Å². The van der Waals surface area contributed by atoms with Gasteiger partial charge in [0.05, 0.1) is 11.7 Å². The number of nitrogens with zero attached hydrogens (tertiary/aromatic N) is 4. The van der Waals surface area contributed by atoms with Gasteiger partial charge < -0.3 is 14.5 Å². The lowest BCUT2D eigenvalue weighted by molar-refractivity contribution is 0.154. The van der Waals surface area contributed by atoms with E-state index in [-0.39, 0.29) is 6.10 Å². The Bertz CT molecular complexity index is 599. The lowest BCUT2D eigenvalue weighted by atomic mass is 10.1. The minimum absolute atomic E-state index is 0.299. The summed E-state index contributed by atoms with van der Waals surface area (Å²) in [5.41, 5.74) is 0.835. The number of pyridine rings is 1. The topological polar surface area (TPSA) is 75.3 Å². The van der Waals surface area contributed by atoms with Crippen molar-refractivity contribution in [3.63, 3.8) is 0 Å². The number of hydrogen-bond donors (Lipinski definition) is 1. The molecule has 0 aromatic carbocycles. The van der Waals surface area contributed by atoms with Gasteiger partial charge in [0.25, 0.3) is 5.89 Å². The Morgan fingerprint density at radius 1 is 1.48 bits per heavy atom. The number of β-amino-alcohol motifs (C(OH)–C–C–N with tert-alkyl or cyclic N) is 1. The van der Waals surface area contributed by atoms with Crippen molar-refractivity contribution in [2.45, 2.75) is 38.7 Å². The van der Waals surface area contributed by atoms with E-state index in [2.05, 4.69) is 26.9 Å². The first-order chi connectivity index (χ1) is 10.3. The maximum atomic E-state index is 9.86. The summed E-state index contributed by atoms with van der Waals surface area (Å²) in [7, 11) is 0. The van der Waals surface area contributed by atoms with Gasteiger partial charge in [-0.2, -0.15) is 4.98 Å². The Kier molecular flexibility index (Phi) is 4.15. The molecule has 0 saturated carbocycles. The molecular weight excluding hydrogens is 268 g/mol. The second-order valence-corrected chi connectivity index (χ2v) is 5.38. The summed E-state index contributed by atoms with van der Waals surface area (Å²) < 4.78 is 5.37. The van der Waals surface area contributed by atoms with Crippen LogP contribution in [-0.2, 0) is 6.42 Å². The van der Waals surface area contributed by atoms with Crippen molar-refractivity contribution in [2.24, 2.45) is 0 Å². The molecule has 1 saturated heterocycles. The fraction of sp³-hybridized carbons (Fsp3) is 0.533. The predicted molar refractivity (Wildman–Crippen MR) is 79.0 cm³/mol. The molecule has 1 N–H and O–H groups in total. The highest BCUT2D eigenvalue weighted by atomic mass is 16.5. The van der Waals surface area contributed by atoms with E-state index < -0.39 is 0 Å². The fourth-order valence-electron chi connectivity index (χ4n) is 2.65. The van der Waals surface area contributed by atoms with Gasteiger partial charge in [-0.25, -0.2) is 4.98 Å². The summed E-state index contributed by atoms with van der Waals surface area (Å²) in [6, 6.07) is 3.80. The molecule has 0 spiro atoms. The third-order valence-corrected chi connectivity index (χ3v) is 3.65. The lowest BCUT2D eigenvalue weighted by Gasteiger charge is -2.31. The van der Waals surface area contributed by atoms with Crippen LogP contribution in [0.5, 0.6) is 0 Å². The van der Waals surface area contributed by atoms with E-state index in [1.165, 1.54) is 0 Å². The Hall–Kier alpha value is -1.95. The number of hydrogen-bond acceptors (Lipinski definition) is 6. The molecule has 3 heterocycles.